The van der Waals surface area contributed by atoms with Crippen LogP contribution in [0.1, 0.15) is 39.5 Å². The van der Waals surface area contributed by atoms with E-state index in [-0.39, 0.29) is 5.28 Å². The van der Waals surface area contributed by atoms with Gasteiger partial charge in [-0.2, -0.15) is 15.0 Å². The monoisotopic (exact) mass is 270 g/mol. The van der Waals surface area contributed by atoms with Crippen molar-refractivity contribution in [2.24, 2.45) is 5.92 Å². The molecule has 1 heterocycles. The van der Waals surface area contributed by atoms with Crippen molar-refractivity contribution in [1.29, 1.82) is 0 Å². The summed E-state index contributed by atoms with van der Waals surface area (Å²) in [5.74, 6) is 1.21. The normalized spacial score (nSPS) is 17.1. The minimum Gasteiger partial charge on any atom is -0.463 e. The molecule has 1 saturated carbocycles. The number of hydrogen-bond acceptors (Lipinski definition) is 5. The van der Waals surface area contributed by atoms with E-state index in [2.05, 4.69) is 27.2 Å². The lowest BCUT2D eigenvalue weighted by molar-refractivity contribution is 0.281. The molecule has 1 aromatic rings. The number of hydrogen-bond donors (Lipinski definition) is 1. The van der Waals surface area contributed by atoms with E-state index in [1.165, 1.54) is 19.3 Å². The van der Waals surface area contributed by atoms with Crippen LogP contribution in [0, 0.1) is 5.92 Å². The van der Waals surface area contributed by atoms with Crippen LogP contribution in [0.25, 0.3) is 0 Å². The number of rotatable bonds is 6. The van der Waals surface area contributed by atoms with Gasteiger partial charge in [-0.15, -0.1) is 0 Å². The van der Waals surface area contributed by atoms with Crippen LogP contribution in [0.3, 0.4) is 0 Å². The number of nitrogens with zero attached hydrogens (tertiary/aromatic N) is 3. The van der Waals surface area contributed by atoms with Crippen molar-refractivity contribution in [1.82, 2.24) is 15.0 Å². The van der Waals surface area contributed by atoms with Crippen LogP contribution >= 0.6 is 11.6 Å². The van der Waals surface area contributed by atoms with E-state index < -0.39 is 0 Å². The van der Waals surface area contributed by atoms with Crippen molar-refractivity contribution in [3.8, 4) is 6.01 Å². The standard InChI is InChI=1S/C12H19ClN4O/c1-3-7-18-12-16-10(13)15-11(17-12)14-8(2)9-5-4-6-9/h8-9H,3-7H2,1-2H3,(H,14,15,16,17). The zero-order valence-corrected chi connectivity index (χ0v) is 11.6. The van der Waals surface area contributed by atoms with Gasteiger partial charge in [0.1, 0.15) is 0 Å². The summed E-state index contributed by atoms with van der Waals surface area (Å²) in [4.78, 5) is 12.2. The van der Waals surface area contributed by atoms with Crippen LogP contribution < -0.4 is 10.1 Å². The fourth-order valence-electron chi connectivity index (χ4n) is 1.92. The maximum absolute atomic E-state index is 5.86. The summed E-state index contributed by atoms with van der Waals surface area (Å²) in [6.07, 6.45) is 4.77. The molecular formula is C12H19ClN4O. The van der Waals surface area contributed by atoms with Crippen LogP contribution in [0.15, 0.2) is 0 Å². The highest BCUT2D eigenvalue weighted by molar-refractivity contribution is 6.28. The number of nitrogens with one attached hydrogen (secondary N) is 1. The van der Waals surface area contributed by atoms with E-state index in [1.54, 1.807) is 0 Å². The van der Waals surface area contributed by atoms with Gasteiger partial charge in [0.05, 0.1) is 6.61 Å². The first-order valence-corrected chi connectivity index (χ1v) is 6.87. The zero-order valence-electron chi connectivity index (χ0n) is 10.8. The van der Waals surface area contributed by atoms with Crippen molar-refractivity contribution in [3.63, 3.8) is 0 Å². The van der Waals surface area contributed by atoms with Crippen LogP contribution in [-0.4, -0.2) is 27.6 Å². The van der Waals surface area contributed by atoms with E-state index in [0.717, 1.165) is 6.42 Å². The summed E-state index contributed by atoms with van der Waals surface area (Å²) in [5.41, 5.74) is 0. The highest BCUT2D eigenvalue weighted by Gasteiger charge is 2.24. The Morgan fingerprint density at radius 3 is 2.78 bits per heavy atom. The molecule has 2 rings (SSSR count). The molecule has 0 amide bonds. The van der Waals surface area contributed by atoms with Gasteiger partial charge in [-0.1, -0.05) is 13.3 Å². The molecule has 1 aromatic heterocycles. The molecule has 0 aromatic carbocycles. The quantitative estimate of drug-likeness (QED) is 0.861. The van der Waals surface area contributed by atoms with Gasteiger partial charge in [-0.3, -0.25) is 0 Å². The highest BCUT2D eigenvalue weighted by atomic mass is 35.5. The van der Waals surface area contributed by atoms with Crippen LogP contribution in [0.4, 0.5) is 5.95 Å². The van der Waals surface area contributed by atoms with Gasteiger partial charge in [0.25, 0.3) is 0 Å². The summed E-state index contributed by atoms with van der Waals surface area (Å²) < 4.78 is 5.37. The first-order valence-electron chi connectivity index (χ1n) is 6.50. The van der Waals surface area contributed by atoms with Gasteiger partial charge < -0.3 is 10.1 Å². The molecular weight excluding hydrogens is 252 g/mol. The Kier molecular flexibility index (Phi) is 4.58. The second-order valence-electron chi connectivity index (χ2n) is 4.68. The number of ether oxygens (including phenoxy) is 1. The summed E-state index contributed by atoms with van der Waals surface area (Å²) in [7, 11) is 0. The Morgan fingerprint density at radius 2 is 2.17 bits per heavy atom. The minimum absolute atomic E-state index is 0.166. The Bertz CT molecular complexity index is 398. The fraction of sp³-hybridized carbons (Fsp3) is 0.750. The van der Waals surface area contributed by atoms with Gasteiger partial charge in [0.15, 0.2) is 0 Å². The van der Waals surface area contributed by atoms with Crippen LogP contribution in [0.5, 0.6) is 6.01 Å². The van der Waals surface area contributed by atoms with E-state index in [9.17, 15) is 0 Å². The molecule has 0 saturated heterocycles. The first-order chi connectivity index (χ1) is 8.69. The minimum atomic E-state index is 0.166. The van der Waals surface area contributed by atoms with Gasteiger partial charge >= 0.3 is 6.01 Å². The van der Waals surface area contributed by atoms with E-state index in [1.807, 2.05) is 6.92 Å². The second kappa shape index (κ2) is 6.18. The summed E-state index contributed by atoms with van der Waals surface area (Å²) >= 11 is 5.86. The molecule has 1 aliphatic rings. The molecule has 1 fully saturated rings. The predicted octanol–water partition coefficient (Wildman–Crippen LogP) is 2.91. The number of halogens is 1. The average molecular weight is 271 g/mol. The molecule has 1 unspecified atom stereocenters. The van der Waals surface area contributed by atoms with Crippen molar-refractivity contribution in [2.75, 3.05) is 11.9 Å². The Hall–Kier alpha value is -1.10. The lowest BCUT2D eigenvalue weighted by Gasteiger charge is -2.31. The first kappa shape index (κ1) is 13.3. The van der Waals surface area contributed by atoms with Crippen molar-refractivity contribution >= 4 is 17.5 Å². The van der Waals surface area contributed by atoms with Gasteiger partial charge in [0, 0.05) is 6.04 Å². The van der Waals surface area contributed by atoms with E-state index >= 15 is 0 Å². The molecule has 0 bridgehead atoms. The molecule has 1 N–H and O–H groups in total. The van der Waals surface area contributed by atoms with Gasteiger partial charge in [0.2, 0.25) is 11.2 Å². The Balaban J connectivity index is 1.99. The SMILES string of the molecule is CCCOc1nc(Cl)nc(NC(C)C2CCC2)n1. The molecule has 100 valence electrons. The molecule has 6 heteroatoms. The van der Waals surface area contributed by atoms with E-state index in [0.29, 0.717) is 30.5 Å². The van der Waals surface area contributed by atoms with Crippen molar-refractivity contribution in [3.05, 3.63) is 5.28 Å². The van der Waals surface area contributed by atoms with Crippen LogP contribution in [0.2, 0.25) is 5.28 Å². The lowest BCUT2D eigenvalue weighted by Crippen LogP contribution is -2.31. The summed E-state index contributed by atoms with van der Waals surface area (Å²) in [6.45, 7) is 4.76. The van der Waals surface area contributed by atoms with Crippen LogP contribution in [-0.2, 0) is 0 Å². The number of anilines is 1. The zero-order chi connectivity index (χ0) is 13.0. The molecule has 5 nitrogen and oxygen atoms in total. The largest absolute Gasteiger partial charge is 0.463 e. The summed E-state index contributed by atoms with van der Waals surface area (Å²) in [6, 6.07) is 0.649. The maximum Gasteiger partial charge on any atom is 0.322 e. The van der Waals surface area contributed by atoms with Crippen molar-refractivity contribution < 1.29 is 4.74 Å². The maximum atomic E-state index is 5.86. The number of aromatic nitrogens is 3. The molecule has 1 aliphatic carbocycles. The second-order valence-corrected chi connectivity index (χ2v) is 5.02. The lowest BCUT2D eigenvalue weighted by atomic mass is 9.80. The predicted molar refractivity (Wildman–Crippen MR) is 71.0 cm³/mol. The molecule has 18 heavy (non-hydrogen) atoms. The Morgan fingerprint density at radius 1 is 1.39 bits per heavy atom. The molecule has 1 atom stereocenters. The van der Waals surface area contributed by atoms with Gasteiger partial charge in [-0.05, 0) is 43.7 Å². The van der Waals surface area contributed by atoms with Crippen molar-refractivity contribution in [2.45, 2.75) is 45.6 Å². The third-order valence-corrected chi connectivity index (χ3v) is 3.41. The van der Waals surface area contributed by atoms with Gasteiger partial charge in [-0.25, -0.2) is 0 Å². The summed E-state index contributed by atoms with van der Waals surface area (Å²) in [5, 5.41) is 3.44. The smallest absolute Gasteiger partial charge is 0.322 e. The molecule has 0 radical (unpaired) electrons. The third-order valence-electron chi connectivity index (χ3n) is 3.24. The Labute approximate surface area is 112 Å². The molecule has 0 aliphatic heterocycles. The molecule has 0 spiro atoms. The third kappa shape index (κ3) is 3.45. The fourth-order valence-corrected chi connectivity index (χ4v) is 2.07. The topological polar surface area (TPSA) is 59.9 Å². The van der Waals surface area contributed by atoms with E-state index in [4.69, 9.17) is 16.3 Å². The average Bonchev–Trinajstić information content (AvgIpc) is 2.22. The highest BCUT2D eigenvalue weighted by Crippen LogP contribution is 2.30.